The first-order valence-corrected chi connectivity index (χ1v) is 4.86. The average Bonchev–Trinajstić information content (AvgIpc) is 2.27. The maximum atomic E-state index is 10.2. The predicted molar refractivity (Wildman–Crippen MR) is 60.7 cm³/mol. The van der Waals surface area contributed by atoms with Crippen molar-refractivity contribution >= 4 is 17.6 Å². The standard InChI is InChI=1S/C8H10ClN5O3/c1-17-13-8(12-14(15)16)11-5-6-2-3-7(9)10-4-6/h2-4H,5H2,1H3,(H2,11,12,13). The molecule has 92 valence electrons. The number of guanidine groups is 1. The maximum Gasteiger partial charge on any atom is 0.292 e. The normalized spacial score (nSPS) is 11.1. The van der Waals surface area contributed by atoms with Crippen LogP contribution >= 0.6 is 11.6 Å². The number of hydroxylamine groups is 1. The summed E-state index contributed by atoms with van der Waals surface area (Å²) in [5.41, 5.74) is 3.04. The number of hydrogen-bond acceptors (Lipinski definition) is 4. The second kappa shape index (κ2) is 6.61. The molecule has 0 aliphatic rings. The second-order valence-corrected chi connectivity index (χ2v) is 3.22. The van der Waals surface area contributed by atoms with Crippen LogP contribution in [-0.4, -0.2) is 23.1 Å². The highest BCUT2D eigenvalue weighted by atomic mass is 35.5. The topological polar surface area (TPSA) is 102 Å². The lowest BCUT2D eigenvalue weighted by atomic mass is 10.3. The molecule has 1 rings (SSSR count). The lowest BCUT2D eigenvalue weighted by Crippen LogP contribution is -2.36. The van der Waals surface area contributed by atoms with Gasteiger partial charge in [-0.3, -0.25) is 4.84 Å². The molecule has 0 aromatic carbocycles. The summed E-state index contributed by atoms with van der Waals surface area (Å²) in [6.07, 6.45) is 1.55. The molecule has 8 nitrogen and oxygen atoms in total. The van der Waals surface area contributed by atoms with Crippen molar-refractivity contribution in [3.63, 3.8) is 0 Å². The summed E-state index contributed by atoms with van der Waals surface area (Å²) in [6.45, 7) is 0.299. The molecule has 0 radical (unpaired) electrons. The van der Waals surface area contributed by atoms with E-state index in [1.165, 1.54) is 7.11 Å². The van der Waals surface area contributed by atoms with Crippen molar-refractivity contribution < 1.29 is 9.87 Å². The molecule has 0 atom stereocenters. The zero-order valence-electron chi connectivity index (χ0n) is 8.88. The highest BCUT2D eigenvalue weighted by molar-refractivity contribution is 6.29. The monoisotopic (exact) mass is 259 g/mol. The molecular formula is C8H10ClN5O3. The van der Waals surface area contributed by atoms with E-state index >= 15 is 0 Å². The summed E-state index contributed by atoms with van der Waals surface area (Å²) in [5.74, 6) is -0.104. The molecule has 9 heteroatoms. The fraction of sp³-hybridized carbons (Fsp3) is 0.250. The number of aromatic nitrogens is 1. The molecule has 0 bridgehead atoms. The van der Waals surface area contributed by atoms with Crippen molar-refractivity contribution in [2.45, 2.75) is 6.54 Å². The zero-order chi connectivity index (χ0) is 12.7. The number of hydrogen-bond donors (Lipinski definition) is 2. The third-order valence-electron chi connectivity index (χ3n) is 1.63. The molecule has 1 heterocycles. The van der Waals surface area contributed by atoms with E-state index in [1.54, 1.807) is 18.3 Å². The fourth-order valence-corrected chi connectivity index (χ4v) is 1.08. The first-order valence-electron chi connectivity index (χ1n) is 4.48. The first kappa shape index (κ1) is 13.1. The van der Waals surface area contributed by atoms with Crippen molar-refractivity contribution in [2.24, 2.45) is 5.10 Å². The van der Waals surface area contributed by atoms with Crippen LogP contribution in [0.15, 0.2) is 23.4 Å². The quantitative estimate of drug-likeness (QED) is 0.269. The van der Waals surface area contributed by atoms with Gasteiger partial charge in [0.2, 0.25) is 0 Å². The predicted octanol–water partition coefficient (Wildman–Crippen LogP) is 0.523. The number of hydrazone groups is 1. The minimum absolute atomic E-state index is 0.104. The smallest absolute Gasteiger partial charge is 0.292 e. The molecule has 2 N–H and O–H groups in total. The number of nitrogens with one attached hydrogen (secondary N) is 2. The molecule has 0 saturated carbocycles. The van der Waals surface area contributed by atoms with E-state index in [0.29, 0.717) is 11.7 Å². The van der Waals surface area contributed by atoms with Crippen molar-refractivity contribution in [3.8, 4) is 0 Å². The highest BCUT2D eigenvalue weighted by Crippen LogP contribution is 2.04. The summed E-state index contributed by atoms with van der Waals surface area (Å²) in [6, 6.07) is 3.35. The Labute approximate surface area is 102 Å². The fourth-order valence-electron chi connectivity index (χ4n) is 0.967. The van der Waals surface area contributed by atoms with Crippen LogP contribution in [0.4, 0.5) is 0 Å². The van der Waals surface area contributed by atoms with Crippen molar-refractivity contribution in [3.05, 3.63) is 39.2 Å². The first-order chi connectivity index (χ1) is 8.11. The summed E-state index contributed by atoms with van der Waals surface area (Å²) in [5, 5.41) is 15.5. The summed E-state index contributed by atoms with van der Waals surface area (Å²) >= 11 is 5.62. The van der Waals surface area contributed by atoms with Gasteiger partial charge in [0.1, 0.15) is 10.3 Å². The number of rotatable bonds is 4. The number of halogens is 1. The van der Waals surface area contributed by atoms with Gasteiger partial charge in [0.05, 0.1) is 7.11 Å². The van der Waals surface area contributed by atoms with Crippen molar-refractivity contribution in [1.29, 1.82) is 0 Å². The Morgan fingerprint density at radius 2 is 2.47 bits per heavy atom. The van der Waals surface area contributed by atoms with Crippen LogP contribution in [0.3, 0.4) is 0 Å². The van der Waals surface area contributed by atoms with Crippen LogP contribution in [0.25, 0.3) is 0 Å². The lowest BCUT2D eigenvalue weighted by molar-refractivity contribution is -0.485. The van der Waals surface area contributed by atoms with Gasteiger partial charge in [0.25, 0.3) is 5.96 Å². The average molecular weight is 260 g/mol. The molecule has 0 spiro atoms. The van der Waals surface area contributed by atoms with E-state index in [4.69, 9.17) is 11.6 Å². The molecule has 0 fully saturated rings. The van der Waals surface area contributed by atoms with Crippen LogP contribution < -0.4 is 10.8 Å². The largest absolute Gasteiger partial charge is 0.345 e. The molecule has 1 aromatic rings. The van der Waals surface area contributed by atoms with Gasteiger partial charge in [-0.05, 0) is 11.6 Å². The van der Waals surface area contributed by atoms with Gasteiger partial charge in [-0.1, -0.05) is 17.7 Å². The van der Waals surface area contributed by atoms with Gasteiger partial charge in [0, 0.05) is 12.7 Å². The van der Waals surface area contributed by atoms with Crippen LogP contribution in [-0.2, 0) is 11.4 Å². The van der Waals surface area contributed by atoms with Gasteiger partial charge in [-0.15, -0.1) is 0 Å². The van der Waals surface area contributed by atoms with E-state index in [2.05, 4.69) is 25.7 Å². The Bertz CT molecular complexity index is 408. The molecule has 17 heavy (non-hydrogen) atoms. The minimum atomic E-state index is -0.839. The Morgan fingerprint density at radius 3 is 3.00 bits per heavy atom. The van der Waals surface area contributed by atoms with Crippen LogP contribution in [0.2, 0.25) is 5.15 Å². The molecule has 0 aliphatic carbocycles. The summed E-state index contributed by atoms with van der Waals surface area (Å²) < 4.78 is 0. The number of nitro groups is 1. The second-order valence-electron chi connectivity index (χ2n) is 2.84. The van der Waals surface area contributed by atoms with Crippen LogP contribution in [0.5, 0.6) is 0 Å². The lowest BCUT2D eigenvalue weighted by Gasteiger charge is -2.07. The van der Waals surface area contributed by atoms with Gasteiger partial charge < -0.3 is 5.32 Å². The van der Waals surface area contributed by atoms with E-state index < -0.39 is 5.03 Å². The SMILES string of the molecule is CON/C(=N\[N+](=O)[O-])NCc1ccc(Cl)nc1. The summed E-state index contributed by atoms with van der Waals surface area (Å²) in [4.78, 5) is 18.6. The Hall–Kier alpha value is -1.93. The molecule has 0 unspecified atom stereocenters. The molecule has 0 saturated heterocycles. The van der Waals surface area contributed by atoms with Crippen LogP contribution in [0, 0.1) is 10.1 Å². The Balaban J connectivity index is 2.57. The van der Waals surface area contributed by atoms with Gasteiger partial charge >= 0.3 is 0 Å². The third-order valence-corrected chi connectivity index (χ3v) is 1.85. The maximum absolute atomic E-state index is 10.2. The van der Waals surface area contributed by atoms with Crippen molar-refractivity contribution in [1.82, 2.24) is 15.8 Å². The summed E-state index contributed by atoms with van der Waals surface area (Å²) in [7, 11) is 1.32. The van der Waals surface area contributed by atoms with E-state index in [0.717, 1.165) is 5.56 Å². The highest BCUT2D eigenvalue weighted by Gasteiger charge is 2.04. The third kappa shape index (κ3) is 5.09. The van der Waals surface area contributed by atoms with E-state index in [1.807, 2.05) is 0 Å². The van der Waals surface area contributed by atoms with E-state index in [-0.39, 0.29) is 5.96 Å². The molecule has 1 aromatic heterocycles. The zero-order valence-corrected chi connectivity index (χ0v) is 9.64. The minimum Gasteiger partial charge on any atom is -0.345 e. The van der Waals surface area contributed by atoms with E-state index in [9.17, 15) is 10.1 Å². The van der Waals surface area contributed by atoms with Crippen molar-refractivity contribution in [2.75, 3.05) is 7.11 Å². The van der Waals surface area contributed by atoms with Crippen LogP contribution in [0.1, 0.15) is 5.56 Å². The molecule has 0 aliphatic heterocycles. The van der Waals surface area contributed by atoms with Gasteiger partial charge in [-0.2, -0.15) is 0 Å². The Kier molecular flexibility index (Phi) is 5.11. The van der Waals surface area contributed by atoms with Gasteiger partial charge in [0.15, 0.2) is 5.03 Å². The number of nitrogens with zero attached hydrogens (tertiary/aromatic N) is 3. The molecule has 0 amide bonds. The Morgan fingerprint density at radius 1 is 1.71 bits per heavy atom. The number of pyridine rings is 1. The molecular weight excluding hydrogens is 250 g/mol. The van der Waals surface area contributed by atoms with Gasteiger partial charge in [-0.25, -0.2) is 20.6 Å².